The number of para-hydroxylation sites is 1. The summed E-state index contributed by atoms with van der Waals surface area (Å²) in [4.78, 5) is 27.1. The Hall–Kier alpha value is -3.48. The van der Waals surface area contributed by atoms with Gasteiger partial charge in [0.05, 0.1) is 6.42 Å². The zero-order valence-corrected chi connectivity index (χ0v) is 15.9. The van der Waals surface area contributed by atoms with Crippen molar-refractivity contribution < 1.29 is 23.8 Å². The molecule has 1 aliphatic heterocycles. The van der Waals surface area contributed by atoms with E-state index in [4.69, 9.17) is 14.2 Å². The Bertz CT molecular complexity index is 1030. The highest BCUT2D eigenvalue weighted by atomic mass is 16.6. The molecule has 1 aromatic heterocycles. The van der Waals surface area contributed by atoms with E-state index in [1.807, 2.05) is 42.5 Å². The summed E-state index contributed by atoms with van der Waals surface area (Å²) in [6.45, 7) is 1.25. The summed E-state index contributed by atoms with van der Waals surface area (Å²) in [5, 5.41) is 3.74. The number of hydrogen-bond acceptors (Lipinski definition) is 5. The van der Waals surface area contributed by atoms with Crippen LogP contribution in [0.25, 0.3) is 10.9 Å². The van der Waals surface area contributed by atoms with E-state index in [0.717, 1.165) is 33.5 Å². The minimum absolute atomic E-state index is 0.120. The summed E-state index contributed by atoms with van der Waals surface area (Å²) in [6, 6.07) is 13.5. The Balaban J connectivity index is 1.19. The fourth-order valence-corrected chi connectivity index (χ4v) is 3.27. The van der Waals surface area contributed by atoms with Crippen LogP contribution in [-0.4, -0.2) is 43.2 Å². The number of benzene rings is 2. The van der Waals surface area contributed by atoms with Crippen LogP contribution in [0, 0.1) is 0 Å². The third kappa shape index (κ3) is 4.68. The summed E-state index contributed by atoms with van der Waals surface area (Å²) in [6.07, 6.45) is 2.56. The molecule has 7 heteroatoms. The number of carbonyl (C=O) groups excluding carboxylic acids is 2. The van der Waals surface area contributed by atoms with Crippen molar-refractivity contribution in [3.05, 3.63) is 59.8 Å². The molecule has 4 rings (SSSR count). The van der Waals surface area contributed by atoms with Crippen LogP contribution < -0.4 is 14.8 Å². The van der Waals surface area contributed by atoms with E-state index in [-0.39, 0.29) is 18.9 Å². The van der Waals surface area contributed by atoms with Gasteiger partial charge in [-0.1, -0.05) is 24.3 Å². The topological polar surface area (TPSA) is 89.7 Å². The van der Waals surface area contributed by atoms with E-state index >= 15 is 0 Å². The number of hydrogen-bond donors (Lipinski definition) is 2. The van der Waals surface area contributed by atoms with Crippen LogP contribution in [0.3, 0.4) is 0 Å². The van der Waals surface area contributed by atoms with Gasteiger partial charge in [-0.3, -0.25) is 9.59 Å². The summed E-state index contributed by atoms with van der Waals surface area (Å²) in [5.74, 6) is 0.712. The third-order valence-corrected chi connectivity index (χ3v) is 4.72. The number of esters is 1. The van der Waals surface area contributed by atoms with Crippen molar-refractivity contribution in [1.82, 2.24) is 10.3 Å². The normalized spacial score (nSPS) is 12.6. The molecule has 1 amide bonds. The molecule has 1 aliphatic rings. The van der Waals surface area contributed by atoms with E-state index in [1.165, 1.54) is 0 Å². The minimum atomic E-state index is -0.434. The molecule has 0 aliphatic carbocycles. The fraction of sp³-hybridized carbons (Fsp3) is 0.273. The Kier molecular flexibility index (Phi) is 5.65. The molecule has 0 spiro atoms. The van der Waals surface area contributed by atoms with Gasteiger partial charge in [0.2, 0.25) is 0 Å². The molecule has 0 unspecified atom stereocenters. The second-order valence-electron chi connectivity index (χ2n) is 6.77. The van der Waals surface area contributed by atoms with Crippen LogP contribution in [0.1, 0.15) is 11.1 Å². The van der Waals surface area contributed by atoms with Crippen molar-refractivity contribution >= 4 is 22.8 Å². The average molecular weight is 394 g/mol. The number of ether oxygens (including phenoxy) is 3. The number of aromatic nitrogens is 1. The molecule has 0 saturated heterocycles. The molecule has 7 nitrogen and oxygen atoms in total. The maximum absolute atomic E-state index is 12.0. The first-order valence-corrected chi connectivity index (χ1v) is 9.55. The van der Waals surface area contributed by atoms with Crippen molar-refractivity contribution in [3.63, 3.8) is 0 Å². The molecule has 0 radical (unpaired) electrons. The molecule has 2 heterocycles. The molecule has 2 N–H and O–H groups in total. The van der Waals surface area contributed by atoms with Crippen LogP contribution in [-0.2, 0) is 27.2 Å². The lowest BCUT2D eigenvalue weighted by Crippen LogP contribution is -2.30. The average Bonchev–Trinajstić information content (AvgIpc) is 3.15. The van der Waals surface area contributed by atoms with Gasteiger partial charge in [-0.2, -0.15) is 0 Å². The first-order valence-electron chi connectivity index (χ1n) is 9.55. The summed E-state index contributed by atoms with van der Waals surface area (Å²) < 4.78 is 16.1. The Labute approximate surface area is 168 Å². The van der Waals surface area contributed by atoms with Gasteiger partial charge in [-0.15, -0.1) is 0 Å². The van der Waals surface area contributed by atoms with Gasteiger partial charge in [0, 0.05) is 23.6 Å². The molecule has 3 aromatic rings. The first kappa shape index (κ1) is 18.9. The van der Waals surface area contributed by atoms with E-state index in [1.54, 1.807) is 6.20 Å². The zero-order chi connectivity index (χ0) is 20.1. The zero-order valence-electron chi connectivity index (χ0n) is 15.9. The summed E-state index contributed by atoms with van der Waals surface area (Å²) >= 11 is 0. The molecule has 2 aromatic carbocycles. The molecule has 0 bridgehead atoms. The molecule has 150 valence electrons. The van der Waals surface area contributed by atoms with Crippen molar-refractivity contribution in [2.24, 2.45) is 0 Å². The molecule has 0 saturated carbocycles. The highest BCUT2D eigenvalue weighted by molar-refractivity contribution is 5.88. The Morgan fingerprint density at radius 1 is 1.07 bits per heavy atom. The number of H-pyrrole nitrogens is 1. The van der Waals surface area contributed by atoms with Crippen LogP contribution >= 0.6 is 0 Å². The smallest absolute Gasteiger partial charge is 0.310 e. The van der Waals surface area contributed by atoms with Gasteiger partial charge < -0.3 is 24.5 Å². The van der Waals surface area contributed by atoms with Gasteiger partial charge in [-0.05, 0) is 35.7 Å². The monoisotopic (exact) mass is 394 g/mol. The van der Waals surface area contributed by atoms with E-state index in [9.17, 15) is 9.59 Å². The highest BCUT2D eigenvalue weighted by Crippen LogP contribution is 2.30. The lowest BCUT2D eigenvalue weighted by atomic mass is 10.1. The van der Waals surface area contributed by atoms with Gasteiger partial charge >= 0.3 is 5.97 Å². The fourth-order valence-electron chi connectivity index (χ4n) is 3.27. The van der Waals surface area contributed by atoms with Gasteiger partial charge in [-0.25, -0.2) is 0 Å². The first-order chi connectivity index (χ1) is 14.2. The Morgan fingerprint density at radius 2 is 1.90 bits per heavy atom. The second-order valence-corrected chi connectivity index (χ2v) is 6.77. The SMILES string of the molecule is O=C(COC(=O)Cc1c[nH]c2ccccc12)NCCc1ccc2c(c1)OCCO2. The lowest BCUT2D eigenvalue weighted by molar-refractivity contribution is -0.147. The van der Waals surface area contributed by atoms with Crippen molar-refractivity contribution in [1.29, 1.82) is 0 Å². The van der Waals surface area contributed by atoms with Crippen LogP contribution in [0.4, 0.5) is 0 Å². The van der Waals surface area contributed by atoms with E-state index in [2.05, 4.69) is 10.3 Å². The maximum atomic E-state index is 12.0. The second kappa shape index (κ2) is 8.68. The summed E-state index contributed by atoms with van der Waals surface area (Å²) in [7, 11) is 0. The quantitative estimate of drug-likeness (QED) is 0.601. The highest BCUT2D eigenvalue weighted by Gasteiger charge is 2.13. The predicted molar refractivity (Wildman–Crippen MR) is 107 cm³/mol. The lowest BCUT2D eigenvalue weighted by Gasteiger charge is -2.18. The van der Waals surface area contributed by atoms with Crippen molar-refractivity contribution in [3.8, 4) is 11.5 Å². The van der Waals surface area contributed by atoms with Crippen molar-refractivity contribution in [2.75, 3.05) is 26.4 Å². The molecule has 29 heavy (non-hydrogen) atoms. The van der Waals surface area contributed by atoms with Crippen LogP contribution in [0.2, 0.25) is 0 Å². The van der Waals surface area contributed by atoms with E-state index in [0.29, 0.717) is 26.2 Å². The van der Waals surface area contributed by atoms with Crippen LogP contribution in [0.5, 0.6) is 11.5 Å². The number of rotatable bonds is 7. The van der Waals surface area contributed by atoms with Gasteiger partial charge in [0.15, 0.2) is 18.1 Å². The minimum Gasteiger partial charge on any atom is -0.486 e. The standard InChI is InChI=1S/C22H22N2O5/c25-21(23-8-7-15-5-6-19-20(11-15)28-10-9-27-19)14-29-22(26)12-16-13-24-18-4-2-1-3-17(16)18/h1-6,11,13,24H,7-10,12,14H2,(H,23,25). The number of carbonyl (C=O) groups is 2. The molecular formula is C22H22N2O5. The number of fused-ring (bicyclic) bond motifs is 2. The number of aromatic amines is 1. The predicted octanol–water partition coefficient (Wildman–Crippen LogP) is 2.38. The van der Waals surface area contributed by atoms with E-state index < -0.39 is 5.97 Å². The molecular weight excluding hydrogens is 372 g/mol. The third-order valence-electron chi connectivity index (χ3n) is 4.72. The molecule has 0 fully saturated rings. The largest absolute Gasteiger partial charge is 0.486 e. The Morgan fingerprint density at radius 3 is 2.79 bits per heavy atom. The maximum Gasteiger partial charge on any atom is 0.310 e. The number of amides is 1. The van der Waals surface area contributed by atoms with Gasteiger partial charge in [0.25, 0.3) is 5.91 Å². The number of nitrogens with one attached hydrogen (secondary N) is 2. The van der Waals surface area contributed by atoms with Crippen molar-refractivity contribution in [2.45, 2.75) is 12.8 Å². The molecule has 0 atom stereocenters. The van der Waals surface area contributed by atoms with Crippen LogP contribution in [0.15, 0.2) is 48.7 Å². The summed E-state index contributed by atoms with van der Waals surface area (Å²) in [5.41, 5.74) is 2.85. The van der Waals surface area contributed by atoms with Gasteiger partial charge in [0.1, 0.15) is 13.2 Å².